The quantitative estimate of drug-likeness (QED) is 0.190. The van der Waals surface area contributed by atoms with Crippen molar-refractivity contribution in [3.05, 3.63) is 164 Å². The molecule has 0 fully saturated rings. The highest BCUT2D eigenvalue weighted by atomic mass is 16.3. The summed E-state index contributed by atoms with van der Waals surface area (Å²) in [6.07, 6.45) is 0. The second kappa shape index (κ2) is 10.7. The van der Waals surface area contributed by atoms with Crippen molar-refractivity contribution in [2.24, 2.45) is 0 Å². The van der Waals surface area contributed by atoms with Crippen molar-refractivity contribution < 1.29 is 4.42 Å². The van der Waals surface area contributed by atoms with Gasteiger partial charge in [0.25, 0.3) is 0 Å². The second-order valence-corrected chi connectivity index (χ2v) is 12.9. The minimum absolute atomic E-state index is 0.529. The van der Waals surface area contributed by atoms with Crippen LogP contribution in [0.25, 0.3) is 100.0 Å². The van der Waals surface area contributed by atoms with E-state index in [0.29, 0.717) is 17.6 Å². The van der Waals surface area contributed by atoms with E-state index in [1.165, 1.54) is 5.39 Å². The molecule has 11 rings (SSSR count). The van der Waals surface area contributed by atoms with Crippen molar-refractivity contribution in [1.29, 1.82) is 0 Å². The lowest BCUT2D eigenvalue weighted by atomic mass is 10.1. The van der Waals surface area contributed by atoms with Gasteiger partial charge in [0.05, 0.1) is 16.6 Å². The maximum absolute atomic E-state index is 6.73. The van der Waals surface area contributed by atoms with Crippen molar-refractivity contribution in [2.75, 3.05) is 0 Å². The van der Waals surface area contributed by atoms with Gasteiger partial charge in [0, 0.05) is 49.1 Å². The average Bonchev–Trinajstić information content (AvgIpc) is 3.85. The summed E-state index contributed by atoms with van der Waals surface area (Å²) >= 11 is 0. The van der Waals surface area contributed by atoms with Crippen LogP contribution in [0.1, 0.15) is 0 Å². The summed E-state index contributed by atoms with van der Waals surface area (Å²) in [6, 6.07) is 56.7. The first-order chi connectivity index (χ1) is 25.3. The number of fused-ring (bicyclic) bond motifs is 10. The Balaban J connectivity index is 1.33. The monoisotopic (exact) mass is 653 g/mol. The molecule has 7 aromatic carbocycles. The van der Waals surface area contributed by atoms with Crippen LogP contribution >= 0.6 is 0 Å². The largest absolute Gasteiger partial charge is 0.454 e. The first-order valence-electron chi connectivity index (χ1n) is 17.0. The lowest BCUT2D eigenvalue weighted by Gasteiger charge is -2.11. The van der Waals surface area contributed by atoms with Crippen LogP contribution in [0.5, 0.6) is 0 Å². The number of furan rings is 1. The van der Waals surface area contributed by atoms with E-state index in [-0.39, 0.29) is 0 Å². The summed E-state index contributed by atoms with van der Waals surface area (Å²) in [7, 11) is 0. The Bertz CT molecular complexity index is 3060. The molecule has 0 N–H and O–H groups in total. The summed E-state index contributed by atoms with van der Waals surface area (Å²) in [5, 5.41) is 6.59. The molecule has 6 heteroatoms. The molecule has 0 aliphatic rings. The molecule has 0 spiro atoms. The van der Waals surface area contributed by atoms with Crippen molar-refractivity contribution >= 4 is 65.6 Å². The highest BCUT2D eigenvalue weighted by Crippen LogP contribution is 2.43. The molecule has 0 saturated heterocycles. The Morgan fingerprint density at radius 1 is 0.392 bits per heavy atom. The summed E-state index contributed by atoms with van der Waals surface area (Å²) in [4.78, 5) is 15.4. The molecule has 6 nitrogen and oxygen atoms in total. The van der Waals surface area contributed by atoms with E-state index in [4.69, 9.17) is 19.4 Å². The predicted molar refractivity (Wildman–Crippen MR) is 207 cm³/mol. The molecule has 51 heavy (non-hydrogen) atoms. The fourth-order valence-corrected chi connectivity index (χ4v) is 7.70. The van der Waals surface area contributed by atoms with Crippen molar-refractivity contribution in [3.63, 3.8) is 0 Å². The van der Waals surface area contributed by atoms with Gasteiger partial charge in [0.2, 0.25) is 5.95 Å². The smallest absolute Gasteiger partial charge is 0.238 e. The van der Waals surface area contributed by atoms with Gasteiger partial charge in [-0.1, -0.05) is 121 Å². The van der Waals surface area contributed by atoms with Crippen LogP contribution in [0.3, 0.4) is 0 Å². The molecule has 0 unspecified atom stereocenters. The molecular weight excluding hydrogens is 627 g/mol. The Kier molecular flexibility index (Phi) is 5.86. The maximum Gasteiger partial charge on any atom is 0.238 e. The molecule has 0 saturated carbocycles. The van der Waals surface area contributed by atoms with Gasteiger partial charge in [0.15, 0.2) is 17.2 Å². The van der Waals surface area contributed by atoms with Crippen molar-refractivity contribution in [1.82, 2.24) is 24.1 Å². The third-order valence-corrected chi connectivity index (χ3v) is 9.97. The highest BCUT2D eigenvalue weighted by molar-refractivity contribution is 6.24. The zero-order valence-electron chi connectivity index (χ0n) is 27.2. The number of hydrogen-bond donors (Lipinski definition) is 0. The second-order valence-electron chi connectivity index (χ2n) is 12.9. The Labute approximate surface area is 291 Å². The topological polar surface area (TPSA) is 61.7 Å². The molecule has 0 amide bonds. The SMILES string of the molecule is c1ccc(-c2nc(-c3ccccc3)nc(-n3c4cc5c6ccccc6n(-c6ccccc6)c5cc4c4ccc5c6ccccc6oc5c43)n2)cc1. The number of nitrogens with zero attached hydrogens (tertiary/aromatic N) is 5. The van der Waals surface area contributed by atoms with E-state index in [2.05, 4.69) is 100 Å². The molecule has 0 atom stereocenters. The zero-order valence-corrected chi connectivity index (χ0v) is 27.2. The van der Waals surface area contributed by atoms with E-state index in [1.807, 2.05) is 72.8 Å². The summed E-state index contributed by atoms with van der Waals surface area (Å²) in [6.45, 7) is 0. The molecule has 4 heterocycles. The van der Waals surface area contributed by atoms with Crippen LogP contribution in [0.15, 0.2) is 168 Å². The lowest BCUT2D eigenvalue weighted by Crippen LogP contribution is -2.06. The first-order valence-corrected chi connectivity index (χ1v) is 17.0. The standard InChI is InChI=1S/C45H27N5O/c1-4-14-28(15-5-1)43-46-44(29-16-6-2-7-17-29)48-45(47-43)50-39-26-35-31-20-10-12-22-37(31)49(30-18-8-3-9-19-30)38(35)27-36(39)33-24-25-34-32-21-11-13-23-40(32)51-42(34)41(33)50/h1-27H. The van der Waals surface area contributed by atoms with Crippen LogP contribution in [-0.4, -0.2) is 24.1 Å². The molecule has 11 aromatic rings. The van der Waals surface area contributed by atoms with E-state index >= 15 is 0 Å². The Hall–Kier alpha value is -7.05. The fourth-order valence-electron chi connectivity index (χ4n) is 7.70. The van der Waals surface area contributed by atoms with Gasteiger partial charge in [-0.2, -0.15) is 9.97 Å². The molecular formula is C45H27N5O. The van der Waals surface area contributed by atoms with Gasteiger partial charge in [0.1, 0.15) is 11.1 Å². The highest BCUT2D eigenvalue weighted by Gasteiger charge is 2.24. The molecule has 0 radical (unpaired) electrons. The van der Waals surface area contributed by atoms with Gasteiger partial charge >= 0.3 is 0 Å². The predicted octanol–water partition coefficient (Wildman–Crippen LogP) is 11.3. The molecule has 0 aliphatic heterocycles. The van der Waals surface area contributed by atoms with Gasteiger partial charge in [-0.25, -0.2) is 4.98 Å². The minimum atomic E-state index is 0.529. The van der Waals surface area contributed by atoms with E-state index < -0.39 is 0 Å². The van der Waals surface area contributed by atoms with E-state index in [9.17, 15) is 0 Å². The van der Waals surface area contributed by atoms with Crippen molar-refractivity contribution in [3.8, 4) is 34.4 Å². The normalized spacial score (nSPS) is 11.9. The number of aromatic nitrogens is 5. The number of benzene rings is 7. The van der Waals surface area contributed by atoms with Crippen LogP contribution in [0.4, 0.5) is 0 Å². The van der Waals surface area contributed by atoms with E-state index in [1.54, 1.807) is 0 Å². The molecule has 0 aliphatic carbocycles. The van der Waals surface area contributed by atoms with Crippen LogP contribution in [0, 0.1) is 0 Å². The van der Waals surface area contributed by atoms with Crippen LogP contribution < -0.4 is 0 Å². The molecule has 0 bridgehead atoms. The lowest BCUT2D eigenvalue weighted by molar-refractivity contribution is 0.670. The van der Waals surface area contributed by atoms with Crippen molar-refractivity contribution in [2.45, 2.75) is 0 Å². The van der Waals surface area contributed by atoms with Crippen LogP contribution in [-0.2, 0) is 0 Å². The maximum atomic E-state index is 6.73. The third kappa shape index (κ3) is 4.14. The number of rotatable bonds is 4. The molecule has 4 aromatic heterocycles. The average molecular weight is 654 g/mol. The van der Waals surface area contributed by atoms with Gasteiger partial charge < -0.3 is 8.98 Å². The molecule has 238 valence electrons. The number of hydrogen-bond acceptors (Lipinski definition) is 4. The Morgan fingerprint density at radius 2 is 0.941 bits per heavy atom. The van der Waals surface area contributed by atoms with Gasteiger partial charge in [-0.05, 0) is 42.5 Å². The fraction of sp³-hybridized carbons (Fsp3) is 0. The van der Waals surface area contributed by atoms with Gasteiger partial charge in [-0.3, -0.25) is 4.57 Å². The third-order valence-electron chi connectivity index (χ3n) is 9.97. The first kappa shape index (κ1) is 27.9. The summed E-state index contributed by atoms with van der Waals surface area (Å²) in [5.74, 6) is 1.74. The van der Waals surface area contributed by atoms with E-state index in [0.717, 1.165) is 77.0 Å². The minimum Gasteiger partial charge on any atom is -0.454 e. The number of para-hydroxylation sites is 3. The summed E-state index contributed by atoms with van der Waals surface area (Å²) < 4.78 is 11.3. The summed E-state index contributed by atoms with van der Waals surface area (Å²) in [5.41, 5.74) is 8.79. The van der Waals surface area contributed by atoms with Gasteiger partial charge in [-0.15, -0.1) is 0 Å². The Morgan fingerprint density at radius 3 is 1.65 bits per heavy atom. The zero-order chi connectivity index (χ0) is 33.5. The van der Waals surface area contributed by atoms with Crippen LogP contribution in [0.2, 0.25) is 0 Å².